The third-order valence-corrected chi connectivity index (χ3v) is 2.99. The molecule has 4 heteroatoms. The molecule has 0 radical (unpaired) electrons. The lowest BCUT2D eigenvalue weighted by Crippen LogP contribution is -2.06. The molecule has 2 rings (SSSR count). The van der Waals surface area contributed by atoms with Crippen molar-refractivity contribution in [1.82, 2.24) is 9.97 Å². The van der Waals surface area contributed by atoms with Gasteiger partial charge in [0.1, 0.15) is 12.4 Å². The van der Waals surface area contributed by atoms with Crippen LogP contribution in [0.25, 0.3) is 11.3 Å². The average Bonchev–Trinajstić information content (AvgIpc) is 2.46. The third kappa shape index (κ3) is 3.54. The maximum atomic E-state index is 5.42. The summed E-state index contributed by atoms with van der Waals surface area (Å²) in [7, 11) is 0. The van der Waals surface area contributed by atoms with Gasteiger partial charge in [-0.05, 0) is 26.3 Å². The van der Waals surface area contributed by atoms with E-state index in [2.05, 4.69) is 41.3 Å². The molecule has 0 saturated heterocycles. The maximum absolute atomic E-state index is 5.42. The zero-order valence-electron chi connectivity index (χ0n) is 12.3. The van der Waals surface area contributed by atoms with E-state index in [1.807, 2.05) is 25.1 Å². The zero-order chi connectivity index (χ0) is 14.4. The highest BCUT2D eigenvalue weighted by atomic mass is 16.5. The number of hydrogen-bond donors (Lipinski definition) is 1. The molecule has 0 fully saturated rings. The highest BCUT2D eigenvalue weighted by Crippen LogP contribution is 2.23. The standard InChI is InChI=1S/C16H21N3O/c1-4-17-15-10-14(13-9-7-6-8-12(13)3)18-16(19-15)11-20-5-2/h6-10H,4-5,11H2,1-3H3,(H,17,18,19). The van der Waals surface area contributed by atoms with E-state index in [0.29, 0.717) is 19.0 Å². The smallest absolute Gasteiger partial charge is 0.157 e. The Kier molecular flexibility index (Phi) is 5.07. The first kappa shape index (κ1) is 14.5. The first-order valence-corrected chi connectivity index (χ1v) is 7.00. The van der Waals surface area contributed by atoms with Gasteiger partial charge in [-0.25, -0.2) is 9.97 Å². The number of nitrogens with zero attached hydrogens (tertiary/aromatic N) is 2. The number of anilines is 1. The summed E-state index contributed by atoms with van der Waals surface area (Å²) in [6.07, 6.45) is 0. The number of hydrogen-bond acceptors (Lipinski definition) is 4. The average molecular weight is 271 g/mol. The summed E-state index contributed by atoms with van der Waals surface area (Å²) in [5.74, 6) is 1.55. The maximum Gasteiger partial charge on any atom is 0.157 e. The van der Waals surface area contributed by atoms with Crippen LogP contribution in [-0.4, -0.2) is 23.1 Å². The van der Waals surface area contributed by atoms with Gasteiger partial charge in [0.05, 0.1) is 5.69 Å². The van der Waals surface area contributed by atoms with Crippen LogP contribution in [0, 0.1) is 6.92 Å². The van der Waals surface area contributed by atoms with Gasteiger partial charge in [0.25, 0.3) is 0 Å². The second-order valence-corrected chi connectivity index (χ2v) is 4.54. The van der Waals surface area contributed by atoms with Crippen LogP contribution in [-0.2, 0) is 11.3 Å². The van der Waals surface area contributed by atoms with Crippen molar-refractivity contribution in [2.45, 2.75) is 27.4 Å². The highest BCUT2D eigenvalue weighted by Gasteiger charge is 2.08. The monoisotopic (exact) mass is 271 g/mol. The lowest BCUT2D eigenvalue weighted by molar-refractivity contribution is 0.128. The van der Waals surface area contributed by atoms with Gasteiger partial charge in [-0.2, -0.15) is 0 Å². The van der Waals surface area contributed by atoms with Crippen LogP contribution >= 0.6 is 0 Å². The van der Waals surface area contributed by atoms with Crippen LogP contribution in [0.15, 0.2) is 30.3 Å². The second kappa shape index (κ2) is 7.01. The van der Waals surface area contributed by atoms with Crippen LogP contribution in [0.4, 0.5) is 5.82 Å². The fraction of sp³-hybridized carbons (Fsp3) is 0.375. The first-order chi connectivity index (χ1) is 9.74. The topological polar surface area (TPSA) is 47.0 Å². The molecule has 4 nitrogen and oxygen atoms in total. The van der Waals surface area contributed by atoms with E-state index in [9.17, 15) is 0 Å². The van der Waals surface area contributed by atoms with E-state index in [1.54, 1.807) is 0 Å². The Balaban J connectivity index is 2.40. The van der Waals surface area contributed by atoms with Gasteiger partial charge in [0, 0.05) is 24.8 Å². The quantitative estimate of drug-likeness (QED) is 0.874. The van der Waals surface area contributed by atoms with Crippen molar-refractivity contribution in [3.63, 3.8) is 0 Å². The van der Waals surface area contributed by atoms with E-state index in [4.69, 9.17) is 4.74 Å². The number of benzene rings is 1. The van der Waals surface area contributed by atoms with Crippen molar-refractivity contribution in [3.05, 3.63) is 41.7 Å². The molecule has 0 spiro atoms. The molecule has 0 aliphatic rings. The summed E-state index contributed by atoms with van der Waals surface area (Å²) in [5.41, 5.74) is 3.27. The van der Waals surface area contributed by atoms with Gasteiger partial charge in [0.2, 0.25) is 0 Å². The fourth-order valence-electron chi connectivity index (χ4n) is 2.02. The molecule has 0 atom stereocenters. The summed E-state index contributed by atoms with van der Waals surface area (Å²) in [4.78, 5) is 9.08. The minimum absolute atomic E-state index is 0.439. The SMILES string of the molecule is CCNc1cc(-c2ccccc2C)nc(COCC)n1. The molecule has 1 N–H and O–H groups in total. The van der Waals surface area contributed by atoms with Crippen molar-refractivity contribution in [1.29, 1.82) is 0 Å². The van der Waals surface area contributed by atoms with Crippen molar-refractivity contribution in [2.75, 3.05) is 18.5 Å². The summed E-state index contributed by atoms with van der Waals surface area (Å²) >= 11 is 0. The zero-order valence-corrected chi connectivity index (χ0v) is 12.3. The van der Waals surface area contributed by atoms with Gasteiger partial charge >= 0.3 is 0 Å². The highest BCUT2D eigenvalue weighted by molar-refractivity contribution is 5.65. The molecule has 0 unspecified atom stereocenters. The Morgan fingerprint density at radius 2 is 1.95 bits per heavy atom. The number of rotatable bonds is 6. The number of aromatic nitrogens is 2. The molecule has 1 aromatic carbocycles. The molecule has 106 valence electrons. The molecule has 0 aliphatic carbocycles. The minimum atomic E-state index is 0.439. The molecule has 0 bridgehead atoms. The van der Waals surface area contributed by atoms with E-state index < -0.39 is 0 Å². The van der Waals surface area contributed by atoms with Crippen LogP contribution in [0.1, 0.15) is 25.2 Å². The van der Waals surface area contributed by atoms with Crippen LogP contribution < -0.4 is 5.32 Å². The summed E-state index contributed by atoms with van der Waals surface area (Å²) in [5, 5.41) is 3.25. The van der Waals surface area contributed by atoms with Gasteiger partial charge in [0.15, 0.2) is 5.82 Å². The van der Waals surface area contributed by atoms with Gasteiger partial charge in [-0.1, -0.05) is 24.3 Å². The molecule has 1 aromatic heterocycles. The van der Waals surface area contributed by atoms with E-state index in [1.165, 1.54) is 5.56 Å². The Labute approximate surface area is 120 Å². The second-order valence-electron chi connectivity index (χ2n) is 4.54. The molecule has 2 aromatic rings. The van der Waals surface area contributed by atoms with E-state index >= 15 is 0 Å². The normalized spacial score (nSPS) is 10.6. The van der Waals surface area contributed by atoms with Crippen LogP contribution in [0.5, 0.6) is 0 Å². The number of nitrogens with one attached hydrogen (secondary N) is 1. The summed E-state index contributed by atoms with van der Waals surface area (Å²) < 4.78 is 5.42. The lowest BCUT2D eigenvalue weighted by Gasteiger charge is -2.10. The van der Waals surface area contributed by atoms with Crippen LogP contribution in [0.2, 0.25) is 0 Å². The van der Waals surface area contributed by atoms with E-state index in [-0.39, 0.29) is 0 Å². The molecular formula is C16H21N3O. The predicted molar refractivity (Wildman–Crippen MR) is 81.7 cm³/mol. The molecule has 0 aliphatic heterocycles. The fourth-order valence-corrected chi connectivity index (χ4v) is 2.02. The van der Waals surface area contributed by atoms with Crippen molar-refractivity contribution in [2.24, 2.45) is 0 Å². The van der Waals surface area contributed by atoms with Gasteiger partial charge in [-0.3, -0.25) is 0 Å². The summed E-state index contributed by atoms with van der Waals surface area (Å²) in [6.45, 7) is 8.04. The first-order valence-electron chi connectivity index (χ1n) is 7.00. The molecule has 1 heterocycles. The molecule has 0 amide bonds. The minimum Gasteiger partial charge on any atom is -0.374 e. The summed E-state index contributed by atoms with van der Waals surface area (Å²) in [6, 6.07) is 10.2. The Morgan fingerprint density at radius 1 is 1.15 bits per heavy atom. The predicted octanol–water partition coefficient (Wildman–Crippen LogP) is 3.42. The number of ether oxygens (including phenoxy) is 1. The Bertz CT molecular complexity index is 569. The Morgan fingerprint density at radius 3 is 2.65 bits per heavy atom. The van der Waals surface area contributed by atoms with Crippen molar-refractivity contribution < 1.29 is 4.74 Å². The molecule has 20 heavy (non-hydrogen) atoms. The number of aryl methyl sites for hydroxylation is 1. The van der Waals surface area contributed by atoms with Gasteiger partial charge < -0.3 is 10.1 Å². The van der Waals surface area contributed by atoms with Gasteiger partial charge in [-0.15, -0.1) is 0 Å². The lowest BCUT2D eigenvalue weighted by atomic mass is 10.1. The van der Waals surface area contributed by atoms with Crippen molar-refractivity contribution >= 4 is 5.82 Å². The van der Waals surface area contributed by atoms with Crippen LogP contribution in [0.3, 0.4) is 0 Å². The third-order valence-electron chi connectivity index (χ3n) is 2.99. The molecular weight excluding hydrogens is 250 g/mol. The largest absolute Gasteiger partial charge is 0.374 e. The molecule has 0 saturated carbocycles. The van der Waals surface area contributed by atoms with Crippen molar-refractivity contribution in [3.8, 4) is 11.3 Å². The van der Waals surface area contributed by atoms with E-state index in [0.717, 1.165) is 23.6 Å². The Hall–Kier alpha value is -1.94.